The highest BCUT2D eigenvalue weighted by Gasteiger charge is 2.26. The van der Waals surface area contributed by atoms with Gasteiger partial charge in [0.2, 0.25) is 5.95 Å². The fourth-order valence-corrected chi connectivity index (χ4v) is 3.47. The molecule has 7 heteroatoms. The number of nitrogens with zero attached hydrogens (tertiary/aromatic N) is 6. The van der Waals surface area contributed by atoms with Gasteiger partial charge in [-0.2, -0.15) is 4.68 Å². The van der Waals surface area contributed by atoms with Crippen LogP contribution in [-0.4, -0.2) is 43.3 Å². The Morgan fingerprint density at radius 2 is 1.92 bits per heavy atom. The number of benzene rings is 1. The Kier molecular flexibility index (Phi) is 3.76. The number of nitrogens with one attached hydrogen (secondary N) is 1. The molecule has 1 saturated heterocycles. The maximum absolute atomic E-state index is 4.48. The Morgan fingerprint density at radius 3 is 2.62 bits per heavy atom. The van der Waals surface area contributed by atoms with Gasteiger partial charge >= 0.3 is 0 Å². The predicted molar refractivity (Wildman–Crippen MR) is 91.4 cm³/mol. The average Bonchev–Trinajstić information content (AvgIpc) is 3.24. The molecular formula is C17H21N7. The van der Waals surface area contributed by atoms with Crippen LogP contribution in [0, 0.1) is 13.8 Å². The first-order chi connectivity index (χ1) is 11.7. The molecule has 1 aromatic carbocycles. The molecule has 1 N–H and O–H groups in total. The largest absolute Gasteiger partial charge is 0.348 e. The van der Waals surface area contributed by atoms with Crippen molar-refractivity contribution in [3.05, 3.63) is 47.5 Å². The van der Waals surface area contributed by atoms with Gasteiger partial charge in [-0.3, -0.25) is 0 Å². The molecule has 4 rings (SSSR count). The van der Waals surface area contributed by atoms with Crippen molar-refractivity contribution in [2.45, 2.75) is 32.6 Å². The van der Waals surface area contributed by atoms with Crippen molar-refractivity contribution in [2.24, 2.45) is 0 Å². The monoisotopic (exact) mass is 323 g/mol. The molecule has 124 valence electrons. The molecule has 2 aromatic heterocycles. The molecule has 0 atom stereocenters. The van der Waals surface area contributed by atoms with Crippen molar-refractivity contribution in [2.75, 3.05) is 18.0 Å². The molecule has 0 spiro atoms. The fourth-order valence-electron chi connectivity index (χ4n) is 3.47. The minimum absolute atomic E-state index is 0.510. The lowest BCUT2D eigenvalue weighted by Gasteiger charge is -2.31. The van der Waals surface area contributed by atoms with Gasteiger partial charge in [0, 0.05) is 24.7 Å². The van der Waals surface area contributed by atoms with Crippen LogP contribution in [-0.2, 0) is 0 Å². The minimum atomic E-state index is 0.510. The molecule has 0 radical (unpaired) electrons. The van der Waals surface area contributed by atoms with Crippen LogP contribution in [0.1, 0.15) is 35.7 Å². The third-order valence-corrected chi connectivity index (χ3v) is 4.83. The second-order valence-corrected chi connectivity index (χ2v) is 6.35. The Bertz CT molecular complexity index is 827. The summed E-state index contributed by atoms with van der Waals surface area (Å²) in [5.74, 6) is 1.33. The topological polar surface area (TPSA) is 75.5 Å². The van der Waals surface area contributed by atoms with Crippen molar-refractivity contribution in [1.29, 1.82) is 0 Å². The van der Waals surface area contributed by atoms with Crippen molar-refractivity contribution < 1.29 is 0 Å². The lowest BCUT2D eigenvalue weighted by Crippen LogP contribution is -2.35. The van der Waals surface area contributed by atoms with E-state index in [2.05, 4.69) is 56.4 Å². The van der Waals surface area contributed by atoms with E-state index in [1.165, 1.54) is 11.4 Å². The van der Waals surface area contributed by atoms with Crippen LogP contribution in [0.5, 0.6) is 0 Å². The zero-order valence-electron chi connectivity index (χ0n) is 14.0. The zero-order chi connectivity index (χ0) is 16.5. The Hall–Kier alpha value is -2.70. The van der Waals surface area contributed by atoms with E-state index in [0.717, 1.165) is 43.1 Å². The molecule has 1 aliphatic heterocycles. The Morgan fingerprint density at radius 1 is 1.12 bits per heavy atom. The van der Waals surface area contributed by atoms with Crippen molar-refractivity contribution in [1.82, 2.24) is 30.2 Å². The molecule has 0 aliphatic carbocycles. The number of piperidine rings is 1. The first-order valence-corrected chi connectivity index (χ1v) is 8.33. The summed E-state index contributed by atoms with van der Waals surface area (Å²) in [4.78, 5) is 9.93. The van der Waals surface area contributed by atoms with Gasteiger partial charge in [-0.25, -0.2) is 4.98 Å². The Labute approximate surface area is 140 Å². The second-order valence-electron chi connectivity index (χ2n) is 6.35. The number of anilines is 1. The minimum Gasteiger partial charge on any atom is -0.348 e. The summed E-state index contributed by atoms with van der Waals surface area (Å²) in [5, 5.41) is 12.4. The van der Waals surface area contributed by atoms with E-state index in [-0.39, 0.29) is 0 Å². The van der Waals surface area contributed by atoms with Gasteiger partial charge < -0.3 is 9.88 Å². The quantitative estimate of drug-likeness (QED) is 0.801. The van der Waals surface area contributed by atoms with E-state index in [1.54, 1.807) is 6.33 Å². The summed E-state index contributed by atoms with van der Waals surface area (Å²) in [6.07, 6.45) is 3.91. The summed E-state index contributed by atoms with van der Waals surface area (Å²) >= 11 is 0. The zero-order valence-corrected chi connectivity index (χ0v) is 14.0. The van der Waals surface area contributed by atoms with Gasteiger partial charge in [-0.15, -0.1) is 0 Å². The van der Waals surface area contributed by atoms with Crippen LogP contribution in [0.25, 0.3) is 5.69 Å². The molecule has 3 aromatic rings. The summed E-state index contributed by atoms with van der Waals surface area (Å²) < 4.78 is 1.84. The highest BCUT2D eigenvalue weighted by atomic mass is 15.6. The van der Waals surface area contributed by atoms with Gasteiger partial charge in [0.1, 0.15) is 0 Å². The molecule has 3 heterocycles. The standard InChI is InChI=1S/C17H21N7/c1-12-5-3-4-6-15(12)24-17(20-21-22-24)23-9-7-14(8-10-23)16-13(2)18-11-19-16/h3-6,11,14H,7-10H2,1-2H3,(H,18,19). The number of tetrazole rings is 1. The number of hydrogen-bond donors (Lipinski definition) is 1. The second kappa shape index (κ2) is 6.07. The van der Waals surface area contributed by atoms with Crippen LogP contribution in [0.4, 0.5) is 5.95 Å². The fraction of sp³-hybridized carbons (Fsp3) is 0.412. The van der Waals surface area contributed by atoms with Gasteiger partial charge in [0.15, 0.2) is 0 Å². The number of para-hydroxylation sites is 1. The van der Waals surface area contributed by atoms with E-state index < -0.39 is 0 Å². The van der Waals surface area contributed by atoms with Gasteiger partial charge in [-0.1, -0.05) is 23.3 Å². The number of hydrogen-bond acceptors (Lipinski definition) is 5. The smallest absolute Gasteiger partial charge is 0.250 e. The molecule has 0 bridgehead atoms. The van der Waals surface area contributed by atoms with E-state index in [0.29, 0.717) is 5.92 Å². The number of aromatic amines is 1. The number of H-pyrrole nitrogens is 1. The Balaban J connectivity index is 1.54. The van der Waals surface area contributed by atoms with Crippen molar-refractivity contribution >= 4 is 5.95 Å². The summed E-state index contributed by atoms with van der Waals surface area (Å²) in [6.45, 7) is 6.03. The van der Waals surface area contributed by atoms with Crippen molar-refractivity contribution in [3.63, 3.8) is 0 Å². The van der Waals surface area contributed by atoms with Crippen molar-refractivity contribution in [3.8, 4) is 5.69 Å². The average molecular weight is 323 g/mol. The molecule has 0 unspecified atom stereocenters. The van der Waals surface area contributed by atoms with Gasteiger partial charge in [0.05, 0.1) is 17.7 Å². The molecule has 7 nitrogen and oxygen atoms in total. The maximum Gasteiger partial charge on any atom is 0.250 e. The molecule has 0 amide bonds. The highest BCUT2D eigenvalue weighted by molar-refractivity contribution is 5.45. The number of aromatic nitrogens is 6. The summed E-state index contributed by atoms with van der Waals surface area (Å²) in [6, 6.07) is 8.17. The van der Waals surface area contributed by atoms with Crippen LogP contribution in [0.15, 0.2) is 30.6 Å². The predicted octanol–water partition coefficient (Wildman–Crippen LogP) is 2.39. The van der Waals surface area contributed by atoms with Crippen LogP contribution < -0.4 is 4.90 Å². The third kappa shape index (κ3) is 2.55. The molecular weight excluding hydrogens is 302 g/mol. The first kappa shape index (κ1) is 14.9. The highest BCUT2D eigenvalue weighted by Crippen LogP contribution is 2.30. The normalized spacial score (nSPS) is 15.8. The summed E-state index contributed by atoms with van der Waals surface area (Å²) in [7, 11) is 0. The van der Waals surface area contributed by atoms with Crippen LogP contribution >= 0.6 is 0 Å². The van der Waals surface area contributed by atoms with E-state index in [4.69, 9.17) is 0 Å². The third-order valence-electron chi connectivity index (χ3n) is 4.83. The van der Waals surface area contributed by atoms with Crippen LogP contribution in [0.3, 0.4) is 0 Å². The van der Waals surface area contributed by atoms with Gasteiger partial charge in [-0.05, 0) is 48.7 Å². The molecule has 1 aliphatic rings. The molecule has 1 fully saturated rings. The van der Waals surface area contributed by atoms with E-state index >= 15 is 0 Å². The lowest BCUT2D eigenvalue weighted by molar-refractivity contribution is 0.488. The summed E-state index contributed by atoms with van der Waals surface area (Å²) in [5.41, 5.74) is 4.57. The lowest BCUT2D eigenvalue weighted by atomic mass is 9.93. The molecule has 24 heavy (non-hydrogen) atoms. The maximum atomic E-state index is 4.48. The SMILES string of the molecule is Cc1ccccc1-n1nnnc1N1CCC(c2nc[nH]c2C)CC1. The number of rotatable bonds is 3. The van der Waals surface area contributed by atoms with Gasteiger partial charge in [0.25, 0.3) is 0 Å². The number of imidazole rings is 1. The number of aryl methyl sites for hydroxylation is 2. The molecule has 0 saturated carbocycles. The first-order valence-electron chi connectivity index (χ1n) is 8.33. The van der Waals surface area contributed by atoms with E-state index in [9.17, 15) is 0 Å². The van der Waals surface area contributed by atoms with Crippen LogP contribution in [0.2, 0.25) is 0 Å². The van der Waals surface area contributed by atoms with E-state index in [1.807, 2.05) is 16.8 Å².